The molecule has 1 heterocycles. The summed E-state index contributed by atoms with van der Waals surface area (Å²) in [4.78, 5) is 43.5. The lowest BCUT2D eigenvalue weighted by molar-refractivity contribution is -0.231. The Bertz CT molecular complexity index is 1580. The number of aliphatic hydroxyl groups is 3. The van der Waals surface area contributed by atoms with Crippen LogP contribution in [0.5, 0.6) is 0 Å². The predicted octanol–water partition coefficient (Wildman–Crippen LogP) is 12.8. The van der Waals surface area contributed by atoms with Crippen LogP contribution < -0.4 is 10.6 Å². The van der Waals surface area contributed by atoms with Crippen molar-refractivity contribution in [3.05, 3.63) is 71.8 Å². The maximum atomic E-state index is 14.3. The molecule has 3 rings (SSSR count). The molecule has 0 bridgehead atoms. The Morgan fingerprint density at radius 1 is 0.571 bits per heavy atom. The minimum absolute atomic E-state index is 0.00806. The number of aliphatic hydroxyl groups excluding tert-OH is 3. The van der Waals surface area contributed by atoms with E-state index in [4.69, 9.17) is 9.47 Å². The number of hydrogen-bond donors (Lipinski definition) is 5. The number of nitrogens with zero attached hydrogens (tertiary/aromatic N) is 1. The fourth-order valence-electron chi connectivity index (χ4n) is 9.77. The number of carbonyl (C=O) groups excluding carboxylic acids is 3. The molecule has 0 aliphatic carbocycles. The summed E-state index contributed by atoms with van der Waals surface area (Å²) in [5.41, 5.74) is 1.57. The second kappa shape index (κ2) is 40.0. The van der Waals surface area contributed by atoms with Gasteiger partial charge in [0.15, 0.2) is 6.23 Å². The number of alkyl carbamates (subject to hydrolysis) is 1. The maximum Gasteiger partial charge on any atom is 0.408 e. The lowest BCUT2D eigenvalue weighted by atomic mass is 9.94. The second-order valence-electron chi connectivity index (χ2n) is 20.3. The highest BCUT2D eigenvalue weighted by atomic mass is 16.6. The molecule has 11 nitrogen and oxygen atoms in total. The minimum atomic E-state index is -1.57. The molecular formula is C59H99N3O8. The van der Waals surface area contributed by atoms with Crippen LogP contribution in [0.1, 0.15) is 230 Å². The van der Waals surface area contributed by atoms with Crippen molar-refractivity contribution in [1.82, 2.24) is 15.5 Å². The van der Waals surface area contributed by atoms with Gasteiger partial charge in [-0.2, -0.15) is 0 Å². The van der Waals surface area contributed by atoms with Crippen molar-refractivity contribution in [2.75, 3.05) is 13.2 Å². The highest BCUT2D eigenvalue weighted by Crippen LogP contribution is 2.27. The van der Waals surface area contributed by atoms with E-state index < -0.39 is 55.2 Å². The van der Waals surface area contributed by atoms with Crippen LogP contribution in [-0.4, -0.2) is 87.9 Å². The molecule has 2 aromatic carbocycles. The normalized spacial score (nSPS) is 18.3. The van der Waals surface area contributed by atoms with Crippen molar-refractivity contribution in [2.45, 2.75) is 269 Å². The third kappa shape index (κ3) is 26.8. The van der Waals surface area contributed by atoms with Crippen LogP contribution in [0.4, 0.5) is 4.79 Å². The second-order valence-corrected chi connectivity index (χ2v) is 20.3. The summed E-state index contributed by atoms with van der Waals surface area (Å²) in [7, 11) is 0. The number of ether oxygens (including phenoxy) is 2. The summed E-state index contributed by atoms with van der Waals surface area (Å²) < 4.78 is 11.8. The highest BCUT2D eigenvalue weighted by Gasteiger charge is 2.48. The summed E-state index contributed by atoms with van der Waals surface area (Å²) >= 11 is 0. The first-order valence-electron chi connectivity index (χ1n) is 28.5. The van der Waals surface area contributed by atoms with Gasteiger partial charge in [-0.15, -0.1) is 0 Å². The number of unbranched alkanes of at least 4 members (excludes halogenated alkanes) is 29. The highest BCUT2D eigenvalue weighted by molar-refractivity contribution is 5.86. The van der Waals surface area contributed by atoms with Gasteiger partial charge in [-0.25, -0.2) is 4.79 Å². The number of nitrogens with one attached hydrogen (secondary N) is 2. The standard InChI is InChI=1S/C59H99N3O8/c1-3-5-7-9-11-13-15-17-19-21-23-25-27-29-31-39-45-62(53(64)44-38-30-28-26-24-22-20-18-16-14-12-10-8-6-4-2)58-54(56(66)55(65)52(47-63)70-58)61-57(67)51(46-49-40-34-32-35-41-49)60-59(68)69-48-50-42-36-33-37-43-50/h32-37,40-43,51-52,54-56,58,63,65-66H,3-31,38-39,44-48H2,1-2H3,(H,60,68)(H,61,67)/t51-,52+,54+,55+,56+,58+/m0/s1. The number of carbonyl (C=O) groups is 3. The van der Waals surface area contributed by atoms with E-state index in [9.17, 15) is 29.7 Å². The number of hydrogen-bond acceptors (Lipinski definition) is 8. The van der Waals surface area contributed by atoms with E-state index in [1.54, 1.807) is 4.90 Å². The monoisotopic (exact) mass is 978 g/mol. The lowest BCUT2D eigenvalue weighted by Crippen LogP contribution is -2.70. The third-order valence-corrected chi connectivity index (χ3v) is 14.2. The van der Waals surface area contributed by atoms with Gasteiger partial charge in [-0.05, 0) is 24.0 Å². The van der Waals surface area contributed by atoms with E-state index in [0.29, 0.717) is 19.4 Å². The summed E-state index contributed by atoms with van der Waals surface area (Å²) in [6.45, 7) is 4.29. The summed E-state index contributed by atoms with van der Waals surface area (Å²) in [6, 6.07) is 16.1. The molecule has 0 saturated carbocycles. The Morgan fingerprint density at radius 3 is 1.43 bits per heavy atom. The Hall–Kier alpha value is -3.51. The van der Waals surface area contributed by atoms with Crippen molar-refractivity contribution in [2.24, 2.45) is 0 Å². The Morgan fingerprint density at radius 2 is 0.986 bits per heavy atom. The molecule has 70 heavy (non-hydrogen) atoms. The first-order chi connectivity index (χ1) is 34.3. The quantitative estimate of drug-likeness (QED) is 0.0412. The first kappa shape index (κ1) is 60.8. The molecule has 5 N–H and O–H groups in total. The lowest BCUT2D eigenvalue weighted by Gasteiger charge is -2.47. The minimum Gasteiger partial charge on any atom is -0.445 e. The van der Waals surface area contributed by atoms with Gasteiger partial charge in [0.25, 0.3) is 0 Å². The molecule has 1 fully saturated rings. The molecule has 6 atom stereocenters. The molecule has 1 aliphatic heterocycles. The molecule has 11 heteroatoms. The van der Waals surface area contributed by atoms with Gasteiger partial charge in [-0.1, -0.05) is 261 Å². The van der Waals surface area contributed by atoms with E-state index in [2.05, 4.69) is 24.5 Å². The zero-order valence-corrected chi connectivity index (χ0v) is 44.0. The molecule has 0 spiro atoms. The molecule has 0 aromatic heterocycles. The van der Waals surface area contributed by atoms with E-state index in [1.807, 2.05) is 60.7 Å². The largest absolute Gasteiger partial charge is 0.445 e. The fourth-order valence-corrected chi connectivity index (χ4v) is 9.77. The average molecular weight is 978 g/mol. The maximum absolute atomic E-state index is 14.3. The fraction of sp³-hybridized carbons (Fsp3) is 0.746. The molecule has 1 saturated heterocycles. The number of rotatable bonds is 42. The Balaban J connectivity index is 1.62. The van der Waals surface area contributed by atoms with Gasteiger partial charge >= 0.3 is 6.09 Å². The van der Waals surface area contributed by atoms with Crippen molar-refractivity contribution in [1.29, 1.82) is 0 Å². The van der Waals surface area contributed by atoms with Gasteiger partial charge in [-0.3, -0.25) is 9.59 Å². The van der Waals surface area contributed by atoms with E-state index in [0.717, 1.165) is 49.7 Å². The summed E-state index contributed by atoms with van der Waals surface area (Å²) in [6.07, 6.45) is 32.1. The predicted molar refractivity (Wildman–Crippen MR) is 284 cm³/mol. The van der Waals surface area contributed by atoms with E-state index >= 15 is 0 Å². The smallest absolute Gasteiger partial charge is 0.408 e. The van der Waals surface area contributed by atoms with Gasteiger partial charge < -0.3 is 40.3 Å². The molecule has 1 aliphatic rings. The van der Waals surface area contributed by atoms with Crippen molar-refractivity contribution >= 4 is 17.9 Å². The number of amides is 3. The Kier molecular flexibility index (Phi) is 34.8. The van der Waals surface area contributed by atoms with Crippen molar-refractivity contribution in [3.8, 4) is 0 Å². The zero-order valence-electron chi connectivity index (χ0n) is 44.0. The summed E-state index contributed by atoms with van der Waals surface area (Å²) in [5, 5.41) is 38.7. The van der Waals surface area contributed by atoms with Crippen LogP contribution in [0.25, 0.3) is 0 Å². The average Bonchev–Trinajstić information content (AvgIpc) is 3.37. The van der Waals surface area contributed by atoms with Crippen LogP contribution in [0.2, 0.25) is 0 Å². The van der Waals surface area contributed by atoms with Crippen LogP contribution in [0.3, 0.4) is 0 Å². The molecule has 2 aromatic rings. The van der Waals surface area contributed by atoms with Crippen LogP contribution >= 0.6 is 0 Å². The van der Waals surface area contributed by atoms with Gasteiger partial charge in [0.2, 0.25) is 11.8 Å². The zero-order chi connectivity index (χ0) is 50.3. The van der Waals surface area contributed by atoms with Crippen LogP contribution in [0, 0.1) is 0 Å². The van der Waals surface area contributed by atoms with Gasteiger partial charge in [0, 0.05) is 19.4 Å². The number of benzene rings is 2. The SMILES string of the molecule is CCCCCCCCCCCCCCCCCCN(C(=O)CCCCCCCCCCCCCCCCC)[C@@H]1O[C@H](CO)[C@@H](O)[C@H](O)[C@H]1NC(=O)[C@H](Cc1ccccc1)NC(=O)OCc1ccccc1. The molecule has 0 radical (unpaired) electrons. The van der Waals surface area contributed by atoms with Crippen molar-refractivity contribution in [3.63, 3.8) is 0 Å². The third-order valence-electron chi connectivity index (χ3n) is 14.2. The van der Waals surface area contributed by atoms with Crippen molar-refractivity contribution < 1.29 is 39.2 Å². The molecule has 0 unspecified atom stereocenters. The van der Waals surface area contributed by atoms with E-state index in [-0.39, 0.29) is 25.4 Å². The molecule has 398 valence electrons. The first-order valence-corrected chi connectivity index (χ1v) is 28.5. The topological polar surface area (TPSA) is 158 Å². The molecule has 3 amide bonds. The van der Waals surface area contributed by atoms with E-state index in [1.165, 1.54) is 148 Å². The summed E-state index contributed by atoms with van der Waals surface area (Å²) in [5.74, 6) is -0.784. The van der Waals surface area contributed by atoms with Crippen LogP contribution in [0.15, 0.2) is 60.7 Å². The van der Waals surface area contributed by atoms with Gasteiger partial charge in [0.1, 0.15) is 37.0 Å². The Labute approximate surface area is 425 Å². The van der Waals surface area contributed by atoms with Crippen LogP contribution in [-0.2, 0) is 32.1 Å². The molecular weight excluding hydrogens is 879 g/mol. The van der Waals surface area contributed by atoms with Gasteiger partial charge in [0.05, 0.1) is 6.61 Å².